The number of benzene rings is 1. The lowest BCUT2D eigenvalue weighted by atomic mass is 10.1. The number of aryl methyl sites for hydroxylation is 2. The summed E-state index contributed by atoms with van der Waals surface area (Å²) in [5, 5.41) is 11.8. The molecule has 1 aliphatic rings. The summed E-state index contributed by atoms with van der Waals surface area (Å²) in [7, 11) is 0. The zero-order valence-corrected chi connectivity index (χ0v) is 17.8. The molecule has 0 aliphatic carbocycles. The number of nitrogens with zero attached hydrogens (tertiary/aromatic N) is 5. The molecule has 156 valence electrons. The first-order valence-electron chi connectivity index (χ1n) is 10.4. The molecule has 4 rings (SSSR count). The highest BCUT2D eigenvalue weighted by atomic mass is 16.1. The van der Waals surface area contributed by atoms with E-state index in [2.05, 4.69) is 62.0 Å². The second-order valence-electron chi connectivity index (χ2n) is 8.09. The number of nitrogens with one attached hydrogen (secondary N) is 1. The van der Waals surface area contributed by atoms with Gasteiger partial charge in [-0.3, -0.25) is 14.7 Å². The summed E-state index contributed by atoms with van der Waals surface area (Å²) in [6.07, 6.45) is 4.07. The number of amides is 1. The topological polar surface area (TPSA) is 75.9 Å². The largest absolute Gasteiger partial charge is 0.342 e. The van der Waals surface area contributed by atoms with E-state index >= 15 is 0 Å². The Kier molecular flexibility index (Phi) is 5.90. The van der Waals surface area contributed by atoms with Crippen molar-refractivity contribution in [1.82, 2.24) is 30.0 Å². The average Bonchev–Trinajstić information content (AvgIpc) is 3.03. The predicted molar refractivity (Wildman–Crippen MR) is 115 cm³/mol. The third-order valence-corrected chi connectivity index (χ3v) is 5.49. The number of hydrogen-bond donors (Lipinski definition) is 1. The first kappa shape index (κ1) is 20.2. The highest BCUT2D eigenvalue weighted by Crippen LogP contribution is 2.18. The van der Waals surface area contributed by atoms with Gasteiger partial charge < -0.3 is 9.88 Å². The van der Waals surface area contributed by atoms with E-state index in [1.807, 2.05) is 6.92 Å². The first-order chi connectivity index (χ1) is 14.5. The molecule has 0 spiro atoms. The summed E-state index contributed by atoms with van der Waals surface area (Å²) in [5.74, 6) is 1.63. The Hall–Kier alpha value is -3.06. The van der Waals surface area contributed by atoms with Gasteiger partial charge >= 0.3 is 0 Å². The molecular weight excluding hydrogens is 376 g/mol. The van der Waals surface area contributed by atoms with Gasteiger partial charge in [-0.1, -0.05) is 29.3 Å². The van der Waals surface area contributed by atoms with Gasteiger partial charge in [0.2, 0.25) is 0 Å². The Morgan fingerprint density at radius 3 is 2.67 bits per heavy atom. The Morgan fingerprint density at radius 1 is 1.13 bits per heavy atom. The molecule has 1 atom stereocenters. The van der Waals surface area contributed by atoms with Crippen LogP contribution < -0.4 is 5.32 Å². The molecular formula is C23H28N6O. The molecule has 0 radical (unpaired) electrons. The van der Waals surface area contributed by atoms with E-state index in [0.717, 1.165) is 44.2 Å². The fraction of sp³-hybridized carbons (Fsp3) is 0.391. The maximum atomic E-state index is 12.5. The van der Waals surface area contributed by atoms with Crippen LogP contribution in [0.5, 0.6) is 0 Å². The van der Waals surface area contributed by atoms with Gasteiger partial charge in [0, 0.05) is 45.0 Å². The lowest BCUT2D eigenvalue weighted by Crippen LogP contribution is -2.30. The van der Waals surface area contributed by atoms with Crippen LogP contribution in [0, 0.1) is 13.8 Å². The summed E-state index contributed by atoms with van der Waals surface area (Å²) in [4.78, 5) is 19.0. The van der Waals surface area contributed by atoms with Crippen molar-refractivity contribution in [1.29, 1.82) is 0 Å². The summed E-state index contributed by atoms with van der Waals surface area (Å²) < 4.78 is 2.16. The molecule has 1 N–H and O–H groups in total. The van der Waals surface area contributed by atoms with Gasteiger partial charge in [0.05, 0.1) is 11.6 Å². The van der Waals surface area contributed by atoms with Crippen LogP contribution in [0.15, 0.2) is 42.7 Å². The van der Waals surface area contributed by atoms with Gasteiger partial charge in [-0.25, -0.2) is 0 Å². The lowest BCUT2D eigenvalue weighted by molar-refractivity contribution is 0.0937. The quantitative estimate of drug-likeness (QED) is 0.708. The van der Waals surface area contributed by atoms with Crippen molar-refractivity contribution in [3.05, 3.63) is 76.6 Å². The standard InChI is InChI=1S/C23H28N6O/c1-16-11-17(2)13-19(12-16)15-28-8-6-21-26-27-22(29(21)10-9-28)18(3)25-23(30)20-5-4-7-24-14-20/h4-5,7,11-14,18H,6,8-10,15H2,1-3H3,(H,25,30)/t18-/m1/s1. The van der Waals surface area contributed by atoms with E-state index in [0.29, 0.717) is 5.56 Å². The number of carbonyl (C=O) groups is 1. The van der Waals surface area contributed by atoms with E-state index in [1.165, 1.54) is 16.7 Å². The van der Waals surface area contributed by atoms with E-state index < -0.39 is 0 Å². The third kappa shape index (κ3) is 4.57. The zero-order chi connectivity index (χ0) is 21.1. The van der Waals surface area contributed by atoms with Crippen molar-refractivity contribution in [2.24, 2.45) is 0 Å². The van der Waals surface area contributed by atoms with Crippen molar-refractivity contribution in [3.8, 4) is 0 Å². The highest BCUT2D eigenvalue weighted by molar-refractivity contribution is 5.93. The smallest absolute Gasteiger partial charge is 0.253 e. The fourth-order valence-electron chi connectivity index (χ4n) is 4.13. The SMILES string of the molecule is Cc1cc(C)cc(CN2CCc3nnc([C@@H](C)NC(=O)c4cccnc4)n3CC2)c1. The first-order valence-corrected chi connectivity index (χ1v) is 10.4. The zero-order valence-electron chi connectivity index (χ0n) is 17.8. The molecule has 2 aromatic heterocycles. The monoisotopic (exact) mass is 404 g/mol. The number of rotatable bonds is 5. The number of fused-ring (bicyclic) bond motifs is 1. The summed E-state index contributed by atoms with van der Waals surface area (Å²) in [6.45, 7) is 9.86. The predicted octanol–water partition coefficient (Wildman–Crippen LogP) is 2.84. The van der Waals surface area contributed by atoms with Crippen LogP contribution in [0.2, 0.25) is 0 Å². The maximum Gasteiger partial charge on any atom is 0.253 e. The number of carbonyl (C=O) groups excluding carboxylic acids is 1. The third-order valence-electron chi connectivity index (χ3n) is 5.49. The van der Waals surface area contributed by atoms with Crippen molar-refractivity contribution in [3.63, 3.8) is 0 Å². The molecule has 1 amide bonds. The second-order valence-corrected chi connectivity index (χ2v) is 8.09. The van der Waals surface area contributed by atoms with Crippen LogP contribution in [0.3, 0.4) is 0 Å². The Labute approximate surface area is 177 Å². The molecule has 30 heavy (non-hydrogen) atoms. The van der Waals surface area contributed by atoms with Crippen LogP contribution in [-0.4, -0.2) is 43.6 Å². The van der Waals surface area contributed by atoms with Gasteiger partial charge in [0.25, 0.3) is 5.91 Å². The molecule has 0 fully saturated rings. The molecule has 0 saturated carbocycles. The van der Waals surface area contributed by atoms with Crippen molar-refractivity contribution < 1.29 is 4.79 Å². The van der Waals surface area contributed by atoms with Crippen molar-refractivity contribution >= 4 is 5.91 Å². The minimum absolute atomic E-state index is 0.155. The molecule has 7 heteroatoms. The van der Waals surface area contributed by atoms with E-state index in [4.69, 9.17) is 0 Å². The molecule has 7 nitrogen and oxygen atoms in total. The van der Waals surface area contributed by atoms with Crippen LogP contribution in [0.1, 0.15) is 51.7 Å². The molecule has 3 aromatic rings. The summed E-state index contributed by atoms with van der Waals surface area (Å²) in [5.41, 5.74) is 4.50. The highest BCUT2D eigenvalue weighted by Gasteiger charge is 2.23. The van der Waals surface area contributed by atoms with Gasteiger partial charge in [-0.05, 0) is 38.5 Å². The lowest BCUT2D eigenvalue weighted by Gasteiger charge is -2.20. The average molecular weight is 405 g/mol. The van der Waals surface area contributed by atoms with Crippen LogP contribution in [0.25, 0.3) is 0 Å². The van der Waals surface area contributed by atoms with Crippen LogP contribution in [-0.2, 0) is 19.5 Å². The van der Waals surface area contributed by atoms with Gasteiger partial charge in [0.15, 0.2) is 5.82 Å². The van der Waals surface area contributed by atoms with Crippen molar-refractivity contribution in [2.45, 2.75) is 46.3 Å². The van der Waals surface area contributed by atoms with E-state index in [9.17, 15) is 4.79 Å². The van der Waals surface area contributed by atoms with Gasteiger partial charge in [-0.15, -0.1) is 10.2 Å². The normalized spacial score (nSPS) is 15.3. The van der Waals surface area contributed by atoms with E-state index in [-0.39, 0.29) is 11.9 Å². The number of aromatic nitrogens is 4. The minimum atomic E-state index is -0.232. The van der Waals surface area contributed by atoms with Crippen LogP contribution in [0.4, 0.5) is 0 Å². The maximum absolute atomic E-state index is 12.5. The van der Waals surface area contributed by atoms with Gasteiger partial charge in [0.1, 0.15) is 5.82 Å². The number of hydrogen-bond acceptors (Lipinski definition) is 5. The molecule has 1 aromatic carbocycles. The molecule has 0 bridgehead atoms. The van der Waals surface area contributed by atoms with Crippen molar-refractivity contribution in [2.75, 3.05) is 13.1 Å². The fourth-order valence-corrected chi connectivity index (χ4v) is 4.13. The van der Waals surface area contributed by atoms with Gasteiger partial charge in [-0.2, -0.15) is 0 Å². The Balaban J connectivity index is 1.43. The second kappa shape index (κ2) is 8.75. The van der Waals surface area contributed by atoms with E-state index in [1.54, 1.807) is 24.5 Å². The summed E-state index contributed by atoms with van der Waals surface area (Å²) >= 11 is 0. The minimum Gasteiger partial charge on any atom is -0.342 e. The van der Waals surface area contributed by atoms with Crippen LogP contribution >= 0.6 is 0 Å². The summed E-state index contributed by atoms with van der Waals surface area (Å²) in [6, 6.07) is 10.0. The Bertz CT molecular complexity index is 1010. The molecule has 1 aliphatic heterocycles. The molecule has 0 unspecified atom stereocenters. The molecule has 3 heterocycles. The number of pyridine rings is 1. The Morgan fingerprint density at radius 2 is 1.93 bits per heavy atom. The molecule has 0 saturated heterocycles.